The number of nitrogens with two attached hydrogens (primary N) is 1. The van der Waals surface area contributed by atoms with Gasteiger partial charge >= 0.3 is 0 Å². The van der Waals surface area contributed by atoms with Crippen LogP contribution in [0.25, 0.3) is 10.4 Å². The zero-order valence-corrected chi connectivity index (χ0v) is 18.4. The molecule has 1 aromatic heterocycles. The Morgan fingerprint density at radius 1 is 1.06 bits per heavy atom. The molecule has 3 aromatic rings. The monoisotopic (exact) mass is 434 g/mol. The summed E-state index contributed by atoms with van der Waals surface area (Å²) in [5.74, 6) is 0.436. The molecule has 6 heteroatoms. The maximum absolute atomic E-state index is 12.9. The quantitative estimate of drug-likeness (QED) is 0.613. The van der Waals surface area contributed by atoms with Crippen LogP contribution in [-0.4, -0.2) is 36.9 Å². The fraction of sp³-hybridized carbons (Fsp3) is 0.280. The molecule has 2 aromatic carbocycles. The van der Waals surface area contributed by atoms with Crippen LogP contribution in [0.1, 0.15) is 17.5 Å². The van der Waals surface area contributed by atoms with Gasteiger partial charge in [0, 0.05) is 18.0 Å². The molecule has 2 heterocycles. The number of nitrogens with zero attached hydrogens (tertiary/aromatic N) is 1. The Balaban J connectivity index is 1.43. The molecular formula is C25H26N2O3S. The Labute approximate surface area is 186 Å². The molecule has 1 fully saturated rings. The van der Waals surface area contributed by atoms with Crippen molar-refractivity contribution in [3.8, 4) is 16.2 Å². The fourth-order valence-corrected chi connectivity index (χ4v) is 4.90. The van der Waals surface area contributed by atoms with Crippen molar-refractivity contribution in [2.45, 2.75) is 19.3 Å². The van der Waals surface area contributed by atoms with E-state index < -0.39 is 5.41 Å². The molecular weight excluding hydrogens is 408 g/mol. The van der Waals surface area contributed by atoms with Gasteiger partial charge in [-0.05, 0) is 53.1 Å². The Bertz CT molecular complexity index is 1050. The first-order valence-corrected chi connectivity index (χ1v) is 11.2. The Kier molecular flexibility index (Phi) is 6.09. The predicted octanol–water partition coefficient (Wildman–Crippen LogP) is 3.91. The van der Waals surface area contributed by atoms with Crippen LogP contribution in [0.2, 0.25) is 0 Å². The number of primary amides is 1. The van der Waals surface area contributed by atoms with E-state index in [1.807, 2.05) is 30.3 Å². The van der Waals surface area contributed by atoms with Crippen LogP contribution in [0, 0.1) is 5.41 Å². The smallest absolute Gasteiger partial charge is 0.227 e. The first kappa shape index (κ1) is 21.1. The number of ether oxygens (including phenoxy) is 1. The van der Waals surface area contributed by atoms with Gasteiger partial charge in [-0.3, -0.25) is 9.59 Å². The molecule has 1 aliphatic heterocycles. The summed E-state index contributed by atoms with van der Waals surface area (Å²) < 4.78 is 5.17. The van der Waals surface area contributed by atoms with Crippen molar-refractivity contribution in [2.75, 3.05) is 20.2 Å². The van der Waals surface area contributed by atoms with Crippen molar-refractivity contribution in [3.63, 3.8) is 0 Å². The van der Waals surface area contributed by atoms with E-state index in [0.717, 1.165) is 22.4 Å². The predicted molar refractivity (Wildman–Crippen MR) is 123 cm³/mol. The van der Waals surface area contributed by atoms with E-state index in [4.69, 9.17) is 10.5 Å². The van der Waals surface area contributed by atoms with Gasteiger partial charge in [-0.25, -0.2) is 0 Å². The third kappa shape index (κ3) is 4.64. The highest BCUT2D eigenvalue weighted by Crippen LogP contribution is 2.35. The van der Waals surface area contributed by atoms with Crippen molar-refractivity contribution < 1.29 is 14.3 Å². The van der Waals surface area contributed by atoms with Crippen LogP contribution in [0.3, 0.4) is 0 Å². The van der Waals surface area contributed by atoms with E-state index in [1.54, 1.807) is 23.3 Å². The van der Waals surface area contributed by atoms with Gasteiger partial charge < -0.3 is 15.4 Å². The summed E-state index contributed by atoms with van der Waals surface area (Å²) in [5.41, 5.74) is 8.27. The molecule has 5 nitrogen and oxygen atoms in total. The van der Waals surface area contributed by atoms with Crippen LogP contribution in [0.15, 0.2) is 66.0 Å². The summed E-state index contributed by atoms with van der Waals surface area (Å²) in [4.78, 5) is 28.3. The fourth-order valence-electron chi connectivity index (χ4n) is 4.17. The molecule has 1 aliphatic rings. The topological polar surface area (TPSA) is 72.6 Å². The number of carbonyl (C=O) groups is 2. The van der Waals surface area contributed by atoms with E-state index in [9.17, 15) is 9.59 Å². The minimum Gasteiger partial charge on any atom is -0.497 e. The van der Waals surface area contributed by atoms with Crippen LogP contribution in [-0.2, 0) is 22.4 Å². The van der Waals surface area contributed by atoms with Crippen molar-refractivity contribution in [3.05, 3.63) is 77.2 Å². The van der Waals surface area contributed by atoms with Gasteiger partial charge in [0.2, 0.25) is 11.8 Å². The number of hydrogen-bond donors (Lipinski definition) is 1. The summed E-state index contributed by atoms with van der Waals surface area (Å²) in [6.07, 6.45) is 1.43. The summed E-state index contributed by atoms with van der Waals surface area (Å²) in [6, 6.07) is 19.9. The molecule has 0 aliphatic carbocycles. The highest BCUT2D eigenvalue weighted by molar-refractivity contribution is 7.13. The van der Waals surface area contributed by atoms with E-state index in [-0.39, 0.29) is 11.8 Å². The normalized spacial score (nSPS) is 18.2. The molecule has 2 N–H and O–H groups in total. The van der Waals surface area contributed by atoms with Gasteiger partial charge in [-0.1, -0.05) is 42.5 Å². The minimum atomic E-state index is -0.722. The number of amides is 2. The lowest BCUT2D eigenvalue weighted by molar-refractivity contribution is -0.131. The number of carbonyl (C=O) groups excluding carboxylic acids is 2. The Hall–Kier alpha value is -3.12. The van der Waals surface area contributed by atoms with E-state index in [1.165, 1.54) is 4.88 Å². The van der Waals surface area contributed by atoms with Gasteiger partial charge in [0.15, 0.2) is 0 Å². The van der Waals surface area contributed by atoms with Gasteiger partial charge in [0.25, 0.3) is 0 Å². The third-order valence-corrected chi connectivity index (χ3v) is 6.96. The number of benzene rings is 2. The average Bonchev–Trinajstić information content (AvgIpc) is 3.46. The molecule has 31 heavy (non-hydrogen) atoms. The lowest BCUT2D eigenvalue weighted by Gasteiger charge is -2.26. The van der Waals surface area contributed by atoms with Crippen molar-refractivity contribution in [1.82, 2.24) is 4.90 Å². The molecule has 1 saturated heterocycles. The van der Waals surface area contributed by atoms with Crippen LogP contribution < -0.4 is 10.5 Å². The maximum Gasteiger partial charge on any atom is 0.227 e. The highest BCUT2D eigenvalue weighted by atomic mass is 32.1. The van der Waals surface area contributed by atoms with Gasteiger partial charge in [0.1, 0.15) is 5.75 Å². The second-order valence-electron chi connectivity index (χ2n) is 8.09. The molecule has 4 rings (SSSR count). The molecule has 1 atom stereocenters. The Morgan fingerprint density at radius 3 is 2.39 bits per heavy atom. The lowest BCUT2D eigenvalue weighted by atomic mass is 9.80. The summed E-state index contributed by atoms with van der Waals surface area (Å²) in [5, 5.41) is 2.06. The van der Waals surface area contributed by atoms with Crippen molar-refractivity contribution in [1.29, 1.82) is 0 Å². The first-order valence-electron chi connectivity index (χ1n) is 10.3. The number of likely N-dealkylation sites (tertiary alicyclic amines) is 1. The number of thiophene rings is 1. The van der Waals surface area contributed by atoms with Crippen LogP contribution in [0.4, 0.5) is 0 Å². The lowest BCUT2D eigenvalue weighted by Crippen LogP contribution is -2.42. The van der Waals surface area contributed by atoms with Gasteiger partial charge in [0.05, 0.1) is 18.9 Å². The maximum atomic E-state index is 12.9. The van der Waals surface area contributed by atoms with E-state index >= 15 is 0 Å². The Morgan fingerprint density at radius 2 is 1.77 bits per heavy atom. The molecule has 0 saturated carbocycles. The van der Waals surface area contributed by atoms with Crippen molar-refractivity contribution >= 4 is 23.2 Å². The molecule has 2 amide bonds. The SMILES string of the molecule is COc1ccc(CC(=O)N2CCC(Cc3ccc(-c4cccs4)cc3)(C(N)=O)C2)cc1. The molecule has 160 valence electrons. The number of hydrogen-bond acceptors (Lipinski definition) is 4. The van der Waals surface area contributed by atoms with Crippen molar-refractivity contribution in [2.24, 2.45) is 11.1 Å². The molecule has 0 bridgehead atoms. The summed E-state index contributed by atoms with van der Waals surface area (Å²) in [7, 11) is 1.61. The summed E-state index contributed by atoms with van der Waals surface area (Å²) >= 11 is 1.70. The highest BCUT2D eigenvalue weighted by Gasteiger charge is 2.44. The standard InChI is InChI=1S/C25H26N2O3S/c1-30-21-10-6-18(7-11-21)15-23(28)27-13-12-25(17-27,24(26)29)16-19-4-8-20(9-5-19)22-3-2-14-31-22/h2-11,14H,12-13,15-17H2,1H3,(H2,26,29). The molecule has 0 spiro atoms. The number of methoxy groups -OCH3 is 1. The third-order valence-electron chi connectivity index (χ3n) is 6.05. The van der Waals surface area contributed by atoms with Gasteiger partial charge in [-0.2, -0.15) is 0 Å². The van der Waals surface area contributed by atoms with Crippen LogP contribution in [0.5, 0.6) is 5.75 Å². The second-order valence-corrected chi connectivity index (χ2v) is 9.03. The van der Waals surface area contributed by atoms with Crippen LogP contribution >= 0.6 is 11.3 Å². The minimum absolute atomic E-state index is 0.0151. The van der Waals surface area contributed by atoms with E-state index in [2.05, 4.69) is 35.7 Å². The summed E-state index contributed by atoms with van der Waals surface area (Å²) in [6.45, 7) is 0.912. The number of rotatable bonds is 7. The largest absolute Gasteiger partial charge is 0.497 e. The van der Waals surface area contributed by atoms with Gasteiger partial charge in [-0.15, -0.1) is 11.3 Å². The average molecular weight is 435 g/mol. The first-order chi connectivity index (χ1) is 15.0. The molecule has 1 unspecified atom stereocenters. The zero-order chi connectivity index (χ0) is 21.8. The second kappa shape index (κ2) is 8.94. The van der Waals surface area contributed by atoms with E-state index in [0.29, 0.717) is 32.4 Å². The molecule has 0 radical (unpaired) electrons. The zero-order valence-electron chi connectivity index (χ0n) is 17.5.